The van der Waals surface area contributed by atoms with Crippen LogP contribution in [0.3, 0.4) is 0 Å². The lowest BCUT2D eigenvalue weighted by molar-refractivity contribution is 0.208. The minimum Gasteiger partial charge on any atom is -0.271 e. The lowest BCUT2D eigenvalue weighted by Crippen LogP contribution is -2.44. The molecule has 3 atom stereocenters. The largest absolute Gasteiger partial charge is 0.271 e. The van der Waals surface area contributed by atoms with Crippen LogP contribution in [-0.2, 0) is 6.42 Å². The van der Waals surface area contributed by atoms with E-state index in [-0.39, 0.29) is 0 Å². The van der Waals surface area contributed by atoms with Gasteiger partial charge in [-0.3, -0.25) is 11.3 Å². The van der Waals surface area contributed by atoms with Crippen LogP contribution in [0.5, 0.6) is 0 Å². The Labute approximate surface area is 117 Å². The molecule has 0 radical (unpaired) electrons. The summed E-state index contributed by atoms with van der Waals surface area (Å²) in [5, 5.41) is 0. The first-order valence-electron chi connectivity index (χ1n) is 7.75. The molecule has 0 saturated heterocycles. The molecule has 1 aromatic rings. The van der Waals surface area contributed by atoms with Gasteiger partial charge in [-0.25, -0.2) is 0 Å². The second kappa shape index (κ2) is 7.06. The second-order valence-electron chi connectivity index (χ2n) is 6.10. The fraction of sp³-hybridized carbons (Fsp3) is 0.647. The highest BCUT2D eigenvalue weighted by atomic mass is 15.2. The molecular weight excluding hydrogens is 232 g/mol. The lowest BCUT2D eigenvalue weighted by atomic mass is 9.75. The average Bonchev–Trinajstić information content (AvgIpc) is 2.46. The molecule has 3 unspecified atom stereocenters. The smallest absolute Gasteiger partial charge is 0.0279 e. The van der Waals surface area contributed by atoms with E-state index in [4.69, 9.17) is 5.84 Å². The Morgan fingerprint density at radius 2 is 2.11 bits per heavy atom. The van der Waals surface area contributed by atoms with Crippen molar-refractivity contribution in [2.75, 3.05) is 0 Å². The number of rotatable bonds is 5. The summed E-state index contributed by atoms with van der Waals surface area (Å²) in [4.78, 5) is 0. The SMILES string of the molecule is CCC1CCCC(C(Cc2ccccc2C)NN)C1. The van der Waals surface area contributed by atoms with Gasteiger partial charge in [0.25, 0.3) is 0 Å². The van der Waals surface area contributed by atoms with Gasteiger partial charge >= 0.3 is 0 Å². The highest BCUT2D eigenvalue weighted by Gasteiger charge is 2.27. The first-order valence-corrected chi connectivity index (χ1v) is 7.75. The number of hydrazine groups is 1. The number of hydrogen-bond acceptors (Lipinski definition) is 2. The molecule has 0 aromatic heterocycles. The van der Waals surface area contributed by atoms with Crippen molar-refractivity contribution in [2.24, 2.45) is 17.7 Å². The number of hydrogen-bond donors (Lipinski definition) is 2. The van der Waals surface area contributed by atoms with Gasteiger partial charge in [-0.15, -0.1) is 0 Å². The number of nitrogens with one attached hydrogen (secondary N) is 1. The van der Waals surface area contributed by atoms with Crippen LogP contribution in [0.25, 0.3) is 0 Å². The molecule has 2 heteroatoms. The van der Waals surface area contributed by atoms with Crippen molar-refractivity contribution in [2.45, 2.75) is 58.4 Å². The van der Waals surface area contributed by atoms with Crippen LogP contribution in [-0.4, -0.2) is 6.04 Å². The van der Waals surface area contributed by atoms with Gasteiger partial charge in [0, 0.05) is 6.04 Å². The van der Waals surface area contributed by atoms with Crippen LogP contribution in [0.15, 0.2) is 24.3 Å². The van der Waals surface area contributed by atoms with E-state index in [0.717, 1.165) is 18.3 Å². The minimum atomic E-state index is 0.426. The van der Waals surface area contributed by atoms with E-state index < -0.39 is 0 Å². The van der Waals surface area contributed by atoms with Crippen molar-refractivity contribution < 1.29 is 0 Å². The van der Waals surface area contributed by atoms with E-state index in [0.29, 0.717) is 6.04 Å². The maximum Gasteiger partial charge on any atom is 0.0279 e. The molecule has 106 valence electrons. The third kappa shape index (κ3) is 3.80. The van der Waals surface area contributed by atoms with E-state index >= 15 is 0 Å². The predicted octanol–water partition coefficient (Wildman–Crippen LogP) is 3.59. The molecule has 3 N–H and O–H groups in total. The van der Waals surface area contributed by atoms with Crippen LogP contribution in [0.1, 0.15) is 50.2 Å². The van der Waals surface area contributed by atoms with Crippen molar-refractivity contribution in [3.05, 3.63) is 35.4 Å². The third-order valence-corrected chi connectivity index (χ3v) is 4.88. The first kappa shape index (κ1) is 14.5. The van der Waals surface area contributed by atoms with Crippen LogP contribution >= 0.6 is 0 Å². The van der Waals surface area contributed by atoms with Crippen molar-refractivity contribution in [3.63, 3.8) is 0 Å². The van der Waals surface area contributed by atoms with E-state index in [1.165, 1.54) is 43.2 Å². The van der Waals surface area contributed by atoms with Gasteiger partial charge in [0.1, 0.15) is 0 Å². The molecule has 19 heavy (non-hydrogen) atoms. The molecule has 0 amide bonds. The zero-order valence-corrected chi connectivity index (χ0v) is 12.4. The van der Waals surface area contributed by atoms with Gasteiger partial charge in [-0.05, 0) is 49.1 Å². The lowest BCUT2D eigenvalue weighted by Gasteiger charge is -2.34. The molecule has 1 saturated carbocycles. The fourth-order valence-electron chi connectivity index (χ4n) is 3.51. The van der Waals surface area contributed by atoms with Crippen molar-refractivity contribution in [1.82, 2.24) is 5.43 Å². The summed E-state index contributed by atoms with van der Waals surface area (Å²) >= 11 is 0. The summed E-state index contributed by atoms with van der Waals surface area (Å²) < 4.78 is 0. The molecule has 1 aliphatic carbocycles. The minimum absolute atomic E-state index is 0.426. The first-order chi connectivity index (χ1) is 9.24. The summed E-state index contributed by atoms with van der Waals surface area (Å²) in [5.41, 5.74) is 5.91. The molecule has 1 fully saturated rings. The molecule has 2 nitrogen and oxygen atoms in total. The highest BCUT2D eigenvalue weighted by molar-refractivity contribution is 5.26. The standard InChI is InChI=1S/C17H28N2/c1-3-14-8-6-10-16(11-14)17(19-18)12-15-9-5-4-7-13(15)2/h4-5,7,9,14,16-17,19H,3,6,8,10-12,18H2,1-2H3. The van der Waals surface area contributed by atoms with Crippen molar-refractivity contribution in [3.8, 4) is 0 Å². The Balaban J connectivity index is 2.01. The van der Waals surface area contributed by atoms with Gasteiger partial charge in [-0.2, -0.15) is 0 Å². The molecule has 1 aliphatic rings. The zero-order chi connectivity index (χ0) is 13.7. The van der Waals surface area contributed by atoms with Crippen LogP contribution in [0.2, 0.25) is 0 Å². The molecule has 0 aliphatic heterocycles. The van der Waals surface area contributed by atoms with Crippen LogP contribution < -0.4 is 11.3 Å². The Kier molecular flexibility index (Phi) is 5.41. The van der Waals surface area contributed by atoms with Gasteiger partial charge in [0.05, 0.1) is 0 Å². The Morgan fingerprint density at radius 1 is 1.32 bits per heavy atom. The predicted molar refractivity (Wildman–Crippen MR) is 81.7 cm³/mol. The molecule has 1 aromatic carbocycles. The number of aryl methyl sites for hydroxylation is 1. The third-order valence-electron chi connectivity index (χ3n) is 4.88. The summed E-state index contributed by atoms with van der Waals surface area (Å²) in [6, 6.07) is 9.09. The van der Waals surface area contributed by atoms with E-state index in [1.807, 2.05) is 0 Å². The van der Waals surface area contributed by atoms with Gasteiger partial charge in [0.15, 0.2) is 0 Å². The fourth-order valence-corrected chi connectivity index (χ4v) is 3.51. The normalized spacial score (nSPS) is 25.2. The monoisotopic (exact) mass is 260 g/mol. The maximum atomic E-state index is 5.84. The highest BCUT2D eigenvalue weighted by Crippen LogP contribution is 2.33. The molecule has 0 spiro atoms. The zero-order valence-electron chi connectivity index (χ0n) is 12.4. The topological polar surface area (TPSA) is 38.0 Å². The van der Waals surface area contributed by atoms with Crippen LogP contribution in [0, 0.1) is 18.8 Å². The van der Waals surface area contributed by atoms with Gasteiger partial charge < -0.3 is 0 Å². The molecule has 0 heterocycles. The van der Waals surface area contributed by atoms with Crippen molar-refractivity contribution >= 4 is 0 Å². The number of nitrogens with two attached hydrogens (primary N) is 1. The second-order valence-corrected chi connectivity index (χ2v) is 6.10. The molecule has 0 bridgehead atoms. The van der Waals surface area contributed by atoms with E-state index in [2.05, 4.69) is 43.5 Å². The molecule has 2 rings (SSSR count). The van der Waals surface area contributed by atoms with Gasteiger partial charge in [-0.1, -0.05) is 50.5 Å². The van der Waals surface area contributed by atoms with Crippen molar-refractivity contribution in [1.29, 1.82) is 0 Å². The maximum absolute atomic E-state index is 5.84. The summed E-state index contributed by atoms with van der Waals surface area (Å²) in [6.45, 7) is 4.51. The van der Waals surface area contributed by atoms with E-state index in [9.17, 15) is 0 Å². The van der Waals surface area contributed by atoms with E-state index in [1.54, 1.807) is 0 Å². The Hall–Kier alpha value is -0.860. The Morgan fingerprint density at radius 3 is 2.79 bits per heavy atom. The Bertz CT molecular complexity index is 389. The average molecular weight is 260 g/mol. The van der Waals surface area contributed by atoms with Crippen LogP contribution in [0.4, 0.5) is 0 Å². The number of benzene rings is 1. The summed E-state index contributed by atoms with van der Waals surface area (Å²) in [7, 11) is 0. The van der Waals surface area contributed by atoms with Gasteiger partial charge in [0.2, 0.25) is 0 Å². The quantitative estimate of drug-likeness (QED) is 0.627. The summed E-state index contributed by atoms with van der Waals surface area (Å²) in [5.74, 6) is 7.49. The molecular formula is C17H28N2. The summed E-state index contributed by atoms with van der Waals surface area (Å²) in [6.07, 6.45) is 7.83.